The van der Waals surface area contributed by atoms with Gasteiger partial charge in [0.1, 0.15) is 0 Å². The topological polar surface area (TPSA) is 76.0 Å². The van der Waals surface area contributed by atoms with E-state index < -0.39 is 0 Å². The monoisotopic (exact) mass is 394 g/mol. The molecule has 7 heteroatoms. The lowest BCUT2D eigenvalue weighted by molar-refractivity contribution is -0.117. The second-order valence-electron chi connectivity index (χ2n) is 6.89. The summed E-state index contributed by atoms with van der Waals surface area (Å²) in [5.41, 5.74) is 2.69. The maximum absolute atomic E-state index is 12.6. The van der Waals surface area contributed by atoms with Crippen molar-refractivity contribution in [1.82, 2.24) is 9.78 Å². The molecule has 4 rings (SSSR count). The van der Waals surface area contributed by atoms with Crippen LogP contribution >= 0.6 is 11.6 Å². The van der Waals surface area contributed by atoms with Crippen molar-refractivity contribution in [3.8, 4) is 0 Å². The van der Waals surface area contributed by atoms with E-state index in [-0.39, 0.29) is 23.7 Å². The standard InChI is InChI=1S/C21H19ClN4O2/c1-26-12-14(11-23-26)16-10-17(16)21(28)25-19-5-3-2-4-18(19)24-20(27)13-6-8-15(22)9-7-13/h2-9,11-12,16-17H,10H2,1H3,(H,24,27)(H,25,28). The fraction of sp³-hybridized carbons (Fsp3) is 0.190. The van der Waals surface area contributed by atoms with Crippen molar-refractivity contribution in [1.29, 1.82) is 0 Å². The number of hydrogen-bond donors (Lipinski definition) is 2. The molecule has 0 radical (unpaired) electrons. The Balaban J connectivity index is 1.44. The van der Waals surface area contributed by atoms with Crippen molar-refractivity contribution >= 4 is 34.8 Å². The van der Waals surface area contributed by atoms with Gasteiger partial charge in [-0.3, -0.25) is 14.3 Å². The van der Waals surface area contributed by atoms with Gasteiger partial charge < -0.3 is 10.6 Å². The third-order valence-electron chi connectivity index (χ3n) is 4.82. The largest absolute Gasteiger partial charge is 0.324 e. The molecule has 6 nitrogen and oxygen atoms in total. The van der Waals surface area contributed by atoms with Gasteiger partial charge in [0.2, 0.25) is 5.91 Å². The number of carbonyl (C=O) groups is 2. The number of benzene rings is 2. The Morgan fingerprint density at radius 2 is 1.75 bits per heavy atom. The molecule has 142 valence electrons. The lowest BCUT2D eigenvalue weighted by Crippen LogP contribution is -2.18. The fourth-order valence-electron chi connectivity index (χ4n) is 3.21. The zero-order chi connectivity index (χ0) is 19.7. The molecule has 2 aromatic carbocycles. The van der Waals surface area contributed by atoms with E-state index in [2.05, 4.69) is 15.7 Å². The van der Waals surface area contributed by atoms with Gasteiger partial charge in [-0.25, -0.2) is 0 Å². The van der Waals surface area contributed by atoms with Crippen LogP contribution in [0.1, 0.15) is 28.3 Å². The number of para-hydroxylation sites is 2. The molecule has 28 heavy (non-hydrogen) atoms. The van der Waals surface area contributed by atoms with Gasteiger partial charge in [0.25, 0.3) is 5.91 Å². The zero-order valence-corrected chi connectivity index (χ0v) is 16.0. The fourth-order valence-corrected chi connectivity index (χ4v) is 3.33. The number of amides is 2. The van der Waals surface area contributed by atoms with Crippen molar-refractivity contribution < 1.29 is 9.59 Å². The van der Waals surface area contributed by atoms with Crippen LogP contribution < -0.4 is 10.6 Å². The molecule has 1 aliphatic carbocycles. The van der Waals surface area contributed by atoms with E-state index in [1.165, 1.54) is 0 Å². The summed E-state index contributed by atoms with van der Waals surface area (Å²) in [7, 11) is 1.86. The first-order valence-electron chi connectivity index (χ1n) is 8.96. The van der Waals surface area contributed by atoms with Crippen LogP contribution in [0.5, 0.6) is 0 Å². The van der Waals surface area contributed by atoms with Crippen LogP contribution in [0.2, 0.25) is 5.02 Å². The lowest BCUT2D eigenvalue weighted by Gasteiger charge is -2.12. The maximum atomic E-state index is 12.6. The molecule has 0 bridgehead atoms. The minimum absolute atomic E-state index is 0.0537. The Morgan fingerprint density at radius 1 is 1.07 bits per heavy atom. The zero-order valence-electron chi connectivity index (χ0n) is 15.2. The van der Waals surface area contributed by atoms with Crippen LogP contribution in [-0.4, -0.2) is 21.6 Å². The van der Waals surface area contributed by atoms with Crippen LogP contribution in [0.25, 0.3) is 0 Å². The number of halogens is 1. The van der Waals surface area contributed by atoms with E-state index in [0.717, 1.165) is 12.0 Å². The molecule has 3 aromatic rings. The van der Waals surface area contributed by atoms with Crippen molar-refractivity contribution in [2.24, 2.45) is 13.0 Å². The summed E-state index contributed by atoms with van der Waals surface area (Å²) in [6.07, 6.45) is 4.55. The normalized spacial score (nSPS) is 17.8. The summed E-state index contributed by atoms with van der Waals surface area (Å²) in [6, 6.07) is 13.8. The third kappa shape index (κ3) is 3.92. The summed E-state index contributed by atoms with van der Waals surface area (Å²) in [4.78, 5) is 25.1. The number of hydrogen-bond acceptors (Lipinski definition) is 3. The Labute approximate surface area is 167 Å². The van der Waals surface area contributed by atoms with Gasteiger partial charge in [-0.2, -0.15) is 5.10 Å². The molecule has 2 amide bonds. The Hall–Kier alpha value is -3.12. The number of aryl methyl sites for hydroxylation is 1. The Morgan fingerprint density at radius 3 is 2.39 bits per heavy atom. The predicted molar refractivity (Wildman–Crippen MR) is 109 cm³/mol. The van der Waals surface area contributed by atoms with Gasteiger partial charge >= 0.3 is 0 Å². The predicted octanol–water partition coefficient (Wildman–Crippen LogP) is 4.07. The highest BCUT2D eigenvalue weighted by molar-refractivity contribution is 6.30. The van der Waals surface area contributed by atoms with E-state index in [9.17, 15) is 9.59 Å². The first-order valence-corrected chi connectivity index (χ1v) is 9.34. The summed E-state index contributed by atoms with van der Waals surface area (Å²) < 4.78 is 1.74. The highest BCUT2D eigenvalue weighted by Crippen LogP contribution is 2.48. The van der Waals surface area contributed by atoms with Crippen LogP contribution in [0.4, 0.5) is 11.4 Å². The molecule has 2 unspecified atom stereocenters. The van der Waals surface area contributed by atoms with Gasteiger partial charge in [0, 0.05) is 29.7 Å². The number of carbonyl (C=O) groups excluding carboxylic acids is 2. The first-order chi connectivity index (χ1) is 13.5. The van der Waals surface area contributed by atoms with Gasteiger partial charge in [-0.1, -0.05) is 23.7 Å². The highest BCUT2D eigenvalue weighted by atomic mass is 35.5. The van der Waals surface area contributed by atoms with Gasteiger partial charge in [0.05, 0.1) is 17.6 Å². The lowest BCUT2D eigenvalue weighted by atomic mass is 10.1. The molecule has 2 N–H and O–H groups in total. The van der Waals surface area contributed by atoms with Crippen LogP contribution in [-0.2, 0) is 11.8 Å². The first kappa shape index (κ1) is 18.3. The molecule has 1 saturated carbocycles. The molecule has 1 fully saturated rings. The van der Waals surface area contributed by atoms with Crippen molar-refractivity contribution in [2.45, 2.75) is 12.3 Å². The number of nitrogens with one attached hydrogen (secondary N) is 2. The molecular formula is C21H19ClN4O2. The second kappa shape index (κ2) is 7.48. The molecule has 1 heterocycles. The van der Waals surface area contributed by atoms with Crippen LogP contribution in [0.3, 0.4) is 0 Å². The number of aromatic nitrogens is 2. The summed E-state index contributed by atoms with van der Waals surface area (Å²) in [6.45, 7) is 0. The minimum Gasteiger partial charge on any atom is -0.324 e. The third-order valence-corrected chi connectivity index (χ3v) is 5.07. The second-order valence-corrected chi connectivity index (χ2v) is 7.33. The summed E-state index contributed by atoms with van der Waals surface area (Å²) in [5, 5.41) is 10.5. The quantitative estimate of drug-likeness (QED) is 0.684. The molecule has 1 aromatic heterocycles. The van der Waals surface area contributed by atoms with Crippen molar-refractivity contribution in [3.05, 3.63) is 77.1 Å². The van der Waals surface area contributed by atoms with Crippen molar-refractivity contribution in [2.75, 3.05) is 10.6 Å². The molecule has 2 atom stereocenters. The average molecular weight is 395 g/mol. The maximum Gasteiger partial charge on any atom is 0.255 e. The van der Waals surface area contributed by atoms with Crippen LogP contribution in [0.15, 0.2) is 60.9 Å². The highest BCUT2D eigenvalue weighted by Gasteiger charge is 2.44. The molecule has 0 aliphatic heterocycles. The number of nitrogens with zero attached hydrogens (tertiary/aromatic N) is 2. The summed E-state index contributed by atoms with van der Waals surface area (Å²) >= 11 is 5.87. The van der Waals surface area contributed by atoms with Gasteiger partial charge in [-0.15, -0.1) is 0 Å². The van der Waals surface area contributed by atoms with E-state index in [0.29, 0.717) is 22.0 Å². The summed E-state index contributed by atoms with van der Waals surface area (Å²) in [5.74, 6) is -0.200. The van der Waals surface area contributed by atoms with E-state index in [1.54, 1.807) is 47.3 Å². The SMILES string of the molecule is Cn1cc(C2CC2C(=O)Nc2ccccc2NC(=O)c2ccc(Cl)cc2)cn1. The Kier molecular flexibility index (Phi) is 4.88. The average Bonchev–Trinajstić information content (AvgIpc) is 3.38. The van der Waals surface area contributed by atoms with E-state index in [4.69, 9.17) is 11.6 Å². The molecule has 1 aliphatic rings. The van der Waals surface area contributed by atoms with E-state index >= 15 is 0 Å². The minimum atomic E-state index is -0.266. The Bertz CT molecular complexity index is 1030. The molecule has 0 saturated heterocycles. The molecule has 0 spiro atoms. The van der Waals surface area contributed by atoms with Crippen molar-refractivity contribution in [3.63, 3.8) is 0 Å². The van der Waals surface area contributed by atoms with Crippen LogP contribution in [0, 0.1) is 5.92 Å². The van der Waals surface area contributed by atoms with Gasteiger partial charge in [-0.05, 0) is 54.3 Å². The smallest absolute Gasteiger partial charge is 0.255 e. The van der Waals surface area contributed by atoms with Gasteiger partial charge in [0.15, 0.2) is 0 Å². The van der Waals surface area contributed by atoms with E-state index in [1.807, 2.05) is 25.4 Å². The number of anilines is 2. The molecular weight excluding hydrogens is 376 g/mol. The number of rotatable bonds is 5.